The molecule has 0 aliphatic carbocycles. The second kappa shape index (κ2) is 5.97. The van der Waals surface area contributed by atoms with Crippen LogP contribution in [0.4, 0.5) is 8.78 Å². The summed E-state index contributed by atoms with van der Waals surface area (Å²) >= 11 is 0. The summed E-state index contributed by atoms with van der Waals surface area (Å²) in [6, 6.07) is 6.11. The monoisotopic (exact) mass is 273 g/mol. The molecule has 1 unspecified atom stereocenters. The Labute approximate surface area is 110 Å². The van der Waals surface area contributed by atoms with Crippen LogP contribution in [0.25, 0.3) is 0 Å². The number of rotatable bonds is 6. The number of hydrogen-bond donors (Lipinski definition) is 2. The number of nitrogens with two attached hydrogens (primary N) is 1. The summed E-state index contributed by atoms with van der Waals surface area (Å²) < 4.78 is 29.1. The van der Waals surface area contributed by atoms with Crippen LogP contribution in [-0.2, 0) is 4.79 Å². The zero-order valence-corrected chi connectivity index (χ0v) is 10.8. The number of carboxylic acids is 1. The molecule has 0 saturated heterocycles. The largest absolute Gasteiger partial charge is 0.481 e. The van der Waals surface area contributed by atoms with Gasteiger partial charge in [-0.1, -0.05) is 18.2 Å². The molecule has 3 N–H and O–H groups in total. The Morgan fingerprint density at radius 3 is 2.47 bits per heavy atom. The third-order valence-corrected chi connectivity index (χ3v) is 2.79. The molecule has 6 heteroatoms. The topological polar surface area (TPSA) is 72.6 Å². The number of benzene rings is 1. The standard InChI is InChI=1S/C13H17F2NO3/c1-13(2,16)9(7-11(17)18)8-5-3-4-6-10(8)19-12(14)15/h3-6,9,12H,7,16H2,1-2H3,(H,17,18). The van der Waals surface area contributed by atoms with Crippen LogP contribution >= 0.6 is 0 Å². The quantitative estimate of drug-likeness (QED) is 0.835. The minimum absolute atomic E-state index is 0.0396. The van der Waals surface area contributed by atoms with Crippen LogP contribution in [0.15, 0.2) is 24.3 Å². The van der Waals surface area contributed by atoms with Gasteiger partial charge in [-0.15, -0.1) is 0 Å². The van der Waals surface area contributed by atoms with Gasteiger partial charge in [0.25, 0.3) is 0 Å². The fourth-order valence-corrected chi connectivity index (χ4v) is 1.92. The van der Waals surface area contributed by atoms with Crippen molar-refractivity contribution < 1.29 is 23.4 Å². The Balaban J connectivity index is 3.18. The lowest BCUT2D eigenvalue weighted by molar-refractivity contribution is -0.137. The first-order valence-corrected chi connectivity index (χ1v) is 5.76. The average molecular weight is 273 g/mol. The maximum Gasteiger partial charge on any atom is 0.387 e. The number of carbonyl (C=O) groups is 1. The fourth-order valence-electron chi connectivity index (χ4n) is 1.92. The van der Waals surface area contributed by atoms with Crippen LogP contribution in [0.1, 0.15) is 31.7 Å². The smallest absolute Gasteiger partial charge is 0.387 e. The zero-order chi connectivity index (χ0) is 14.6. The van der Waals surface area contributed by atoms with E-state index in [2.05, 4.69) is 4.74 Å². The molecule has 1 aromatic rings. The van der Waals surface area contributed by atoms with E-state index in [1.807, 2.05) is 0 Å². The van der Waals surface area contributed by atoms with E-state index in [0.717, 1.165) is 0 Å². The maximum absolute atomic E-state index is 12.4. The second-order valence-corrected chi connectivity index (χ2v) is 4.89. The summed E-state index contributed by atoms with van der Waals surface area (Å²) in [6.45, 7) is 0.340. The Kier molecular flexibility index (Phi) is 4.83. The van der Waals surface area contributed by atoms with Crippen molar-refractivity contribution >= 4 is 5.97 Å². The predicted octanol–water partition coefficient (Wildman–Crippen LogP) is 2.58. The summed E-state index contributed by atoms with van der Waals surface area (Å²) in [5.41, 5.74) is 5.45. The summed E-state index contributed by atoms with van der Waals surface area (Å²) in [5.74, 6) is -1.71. The van der Waals surface area contributed by atoms with Gasteiger partial charge in [-0.3, -0.25) is 4.79 Å². The molecule has 19 heavy (non-hydrogen) atoms. The Morgan fingerprint density at radius 1 is 1.42 bits per heavy atom. The van der Waals surface area contributed by atoms with Crippen molar-refractivity contribution in [2.45, 2.75) is 38.3 Å². The Hall–Kier alpha value is -1.69. The molecule has 0 bridgehead atoms. The molecule has 0 radical (unpaired) electrons. The molecule has 106 valence electrons. The molecule has 0 aromatic heterocycles. The zero-order valence-electron chi connectivity index (χ0n) is 10.8. The Bertz CT molecular complexity index is 444. The van der Waals surface area contributed by atoms with Crippen LogP contribution < -0.4 is 10.5 Å². The highest BCUT2D eigenvalue weighted by Gasteiger charge is 2.31. The van der Waals surface area contributed by atoms with Crippen molar-refractivity contribution in [3.05, 3.63) is 29.8 Å². The molecule has 1 rings (SSSR count). The molecular formula is C13H17F2NO3. The molecule has 0 amide bonds. The van der Waals surface area contributed by atoms with Gasteiger partial charge in [0.1, 0.15) is 5.75 Å². The lowest BCUT2D eigenvalue weighted by Crippen LogP contribution is -2.40. The SMILES string of the molecule is CC(C)(N)C(CC(=O)O)c1ccccc1OC(F)F. The van der Waals surface area contributed by atoms with Crippen molar-refractivity contribution in [1.82, 2.24) is 0 Å². The van der Waals surface area contributed by atoms with Crippen molar-refractivity contribution in [3.63, 3.8) is 0 Å². The van der Waals surface area contributed by atoms with Gasteiger partial charge in [0.2, 0.25) is 0 Å². The van der Waals surface area contributed by atoms with E-state index in [1.54, 1.807) is 32.0 Å². The van der Waals surface area contributed by atoms with Crippen molar-refractivity contribution in [2.24, 2.45) is 5.73 Å². The van der Waals surface area contributed by atoms with Gasteiger partial charge in [0, 0.05) is 11.5 Å². The first-order valence-electron chi connectivity index (χ1n) is 5.76. The van der Waals surface area contributed by atoms with E-state index in [-0.39, 0.29) is 12.2 Å². The minimum Gasteiger partial charge on any atom is -0.481 e. The lowest BCUT2D eigenvalue weighted by Gasteiger charge is -2.31. The van der Waals surface area contributed by atoms with E-state index in [9.17, 15) is 13.6 Å². The van der Waals surface area contributed by atoms with E-state index in [0.29, 0.717) is 5.56 Å². The van der Waals surface area contributed by atoms with Gasteiger partial charge in [0.05, 0.1) is 6.42 Å². The molecule has 0 aliphatic heterocycles. The highest BCUT2D eigenvalue weighted by Crippen LogP contribution is 2.36. The lowest BCUT2D eigenvalue weighted by atomic mass is 9.80. The average Bonchev–Trinajstić information content (AvgIpc) is 2.24. The number of alkyl halides is 2. The fraction of sp³-hybridized carbons (Fsp3) is 0.462. The normalized spacial score (nSPS) is 13.4. The van der Waals surface area contributed by atoms with Gasteiger partial charge in [-0.05, 0) is 25.5 Å². The molecule has 0 aliphatic rings. The maximum atomic E-state index is 12.4. The van der Waals surface area contributed by atoms with Gasteiger partial charge in [-0.2, -0.15) is 8.78 Å². The van der Waals surface area contributed by atoms with Crippen LogP contribution in [-0.4, -0.2) is 23.2 Å². The number of ether oxygens (including phenoxy) is 1. The van der Waals surface area contributed by atoms with Gasteiger partial charge in [-0.25, -0.2) is 0 Å². The molecule has 0 saturated carbocycles. The third-order valence-electron chi connectivity index (χ3n) is 2.79. The van der Waals surface area contributed by atoms with Crippen molar-refractivity contribution in [2.75, 3.05) is 0 Å². The van der Waals surface area contributed by atoms with Crippen LogP contribution in [0.2, 0.25) is 0 Å². The van der Waals surface area contributed by atoms with E-state index in [1.165, 1.54) is 6.07 Å². The number of para-hydroxylation sites is 1. The molecule has 0 heterocycles. The summed E-state index contributed by atoms with van der Waals surface area (Å²) in [5, 5.41) is 8.94. The van der Waals surface area contributed by atoms with Crippen LogP contribution in [0, 0.1) is 0 Å². The second-order valence-electron chi connectivity index (χ2n) is 4.89. The minimum atomic E-state index is -2.97. The van der Waals surface area contributed by atoms with Crippen LogP contribution in [0.3, 0.4) is 0 Å². The van der Waals surface area contributed by atoms with E-state index >= 15 is 0 Å². The number of halogens is 2. The highest BCUT2D eigenvalue weighted by molar-refractivity contribution is 5.68. The Morgan fingerprint density at radius 2 is 2.00 bits per heavy atom. The molecule has 0 fully saturated rings. The third kappa shape index (κ3) is 4.48. The summed E-state index contributed by atoms with van der Waals surface area (Å²) in [4.78, 5) is 10.9. The number of hydrogen-bond acceptors (Lipinski definition) is 3. The van der Waals surface area contributed by atoms with Crippen LogP contribution in [0.5, 0.6) is 5.75 Å². The van der Waals surface area contributed by atoms with Gasteiger partial charge >= 0.3 is 12.6 Å². The molecule has 0 spiro atoms. The summed E-state index contributed by atoms with van der Waals surface area (Å²) in [7, 11) is 0. The summed E-state index contributed by atoms with van der Waals surface area (Å²) in [6.07, 6.45) is -0.257. The molecule has 1 aromatic carbocycles. The highest BCUT2D eigenvalue weighted by atomic mass is 19.3. The molecule has 4 nitrogen and oxygen atoms in total. The van der Waals surface area contributed by atoms with Crippen molar-refractivity contribution in [1.29, 1.82) is 0 Å². The van der Waals surface area contributed by atoms with Gasteiger partial charge < -0.3 is 15.6 Å². The molecule has 1 atom stereocenters. The number of aliphatic carboxylic acids is 1. The van der Waals surface area contributed by atoms with Gasteiger partial charge in [0.15, 0.2) is 0 Å². The predicted molar refractivity (Wildman–Crippen MR) is 66.3 cm³/mol. The first-order chi connectivity index (χ1) is 8.71. The van der Waals surface area contributed by atoms with E-state index in [4.69, 9.17) is 10.8 Å². The van der Waals surface area contributed by atoms with E-state index < -0.39 is 24.0 Å². The first kappa shape index (κ1) is 15.4. The number of carboxylic acid groups (broad SMARTS) is 1. The van der Waals surface area contributed by atoms with Crippen molar-refractivity contribution in [3.8, 4) is 5.75 Å². The molecular weight excluding hydrogens is 256 g/mol.